The number of carbonyl (C=O) groups excluding carboxylic acids is 1. The van der Waals surface area contributed by atoms with E-state index in [9.17, 15) is 13.2 Å². The number of para-hydroxylation sites is 1. The van der Waals surface area contributed by atoms with Crippen molar-refractivity contribution in [2.75, 3.05) is 12.4 Å². The van der Waals surface area contributed by atoms with Gasteiger partial charge in [-0.3, -0.25) is 0 Å². The molecule has 0 aliphatic rings. The molecule has 7 heteroatoms. The number of rotatable bonds is 4. The summed E-state index contributed by atoms with van der Waals surface area (Å²) in [4.78, 5) is 11.2. The fourth-order valence-electron chi connectivity index (χ4n) is 1.30. The molecular weight excluding hydrogens is 244 g/mol. The number of anilines is 1. The predicted octanol–water partition coefficient (Wildman–Crippen LogP) is 0.307. The van der Waals surface area contributed by atoms with E-state index in [0.717, 1.165) is 0 Å². The Morgan fingerprint density at radius 3 is 2.53 bits per heavy atom. The van der Waals surface area contributed by atoms with Gasteiger partial charge in [0.2, 0.25) is 10.0 Å². The molecule has 0 saturated heterocycles. The molecular formula is C10H14N2O4S. The Kier molecular flexibility index (Phi) is 4.08. The van der Waals surface area contributed by atoms with Gasteiger partial charge in [0.05, 0.1) is 12.8 Å². The number of ether oxygens (including phenoxy) is 1. The molecule has 0 aliphatic heterocycles. The van der Waals surface area contributed by atoms with Crippen LogP contribution in [0.25, 0.3) is 0 Å². The van der Waals surface area contributed by atoms with Gasteiger partial charge in [-0.15, -0.1) is 0 Å². The molecule has 0 radical (unpaired) electrons. The number of hydrogen-bond acceptors (Lipinski definition) is 5. The second kappa shape index (κ2) is 5.15. The second-order valence-corrected chi connectivity index (χ2v) is 4.96. The molecule has 0 saturated carbocycles. The zero-order valence-electron chi connectivity index (χ0n) is 9.51. The van der Waals surface area contributed by atoms with Crippen LogP contribution in [0.4, 0.5) is 5.69 Å². The van der Waals surface area contributed by atoms with Crippen molar-refractivity contribution in [3.05, 3.63) is 24.3 Å². The number of nitrogens with one attached hydrogen (secondary N) is 1. The molecule has 1 atom stereocenters. The van der Waals surface area contributed by atoms with Gasteiger partial charge in [-0.2, -0.15) is 0 Å². The Morgan fingerprint density at radius 1 is 1.41 bits per heavy atom. The van der Waals surface area contributed by atoms with E-state index in [4.69, 9.17) is 5.14 Å². The summed E-state index contributed by atoms with van der Waals surface area (Å²) in [6.45, 7) is 1.56. The molecule has 0 heterocycles. The number of nitrogens with two attached hydrogens (primary N) is 1. The van der Waals surface area contributed by atoms with Crippen molar-refractivity contribution in [3.63, 3.8) is 0 Å². The van der Waals surface area contributed by atoms with E-state index in [2.05, 4.69) is 10.1 Å². The van der Waals surface area contributed by atoms with Crippen molar-refractivity contribution >= 4 is 21.7 Å². The van der Waals surface area contributed by atoms with Crippen molar-refractivity contribution in [1.82, 2.24) is 0 Å². The number of primary sulfonamides is 1. The minimum atomic E-state index is -3.83. The fraction of sp³-hybridized carbons (Fsp3) is 0.300. The first-order chi connectivity index (χ1) is 7.86. The van der Waals surface area contributed by atoms with Crippen LogP contribution in [0, 0.1) is 0 Å². The van der Waals surface area contributed by atoms with Crippen LogP contribution in [0.15, 0.2) is 29.2 Å². The van der Waals surface area contributed by atoms with Crippen LogP contribution in [0.2, 0.25) is 0 Å². The highest BCUT2D eigenvalue weighted by Gasteiger charge is 2.18. The van der Waals surface area contributed by atoms with E-state index in [1.807, 2.05) is 0 Å². The summed E-state index contributed by atoms with van der Waals surface area (Å²) in [5.41, 5.74) is 0.271. The highest BCUT2D eigenvalue weighted by Crippen LogP contribution is 2.20. The molecule has 1 aromatic rings. The number of benzene rings is 1. The summed E-state index contributed by atoms with van der Waals surface area (Å²) in [6, 6.07) is 5.41. The molecule has 0 aliphatic carbocycles. The molecule has 1 rings (SSSR count). The SMILES string of the molecule is COC(=O)C(C)Nc1ccccc1S(N)(=O)=O. The van der Waals surface area contributed by atoms with E-state index in [1.54, 1.807) is 19.1 Å². The average Bonchev–Trinajstić information content (AvgIpc) is 2.27. The first-order valence-electron chi connectivity index (χ1n) is 4.82. The zero-order valence-corrected chi connectivity index (χ0v) is 10.3. The summed E-state index contributed by atoms with van der Waals surface area (Å²) < 4.78 is 27.1. The first kappa shape index (κ1) is 13.5. The maximum Gasteiger partial charge on any atom is 0.327 e. The zero-order chi connectivity index (χ0) is 13.1. The van der Waals surface area contributed by atoms with Gasteiger partial charge < -0.3 is 10.1 Å². The third kappa shape index (κ3) is 3.43. The van der Waals surface area contributed by atoms with Crippen LogP contribution in [-0.2, 0) is 19.6 Å². The Bertz CT molecular complexity index is 513. The average molecular weight is 258 g/mol. The molecule has 1 aromatic carbocycles. The van der Waals surface area contributed by atoms with Crippen molar-refractivity contribution in [2.24, 2.45) is 5.14 Å². The van der Waals surface area contributed by atoms with E-state index in [1.165, 1.54) is 19.2 Å². The van der Waals surface area contributed by atoms with Crippen LogP contribution in [0.3, 0.4) is 0 Å². The van der Waals surface area contributed by atoms with E-state index in [-0.39, 0.29) is 10.6 Å². The second-order valence-electron chi connectivity index (χ2n) is 3.43. The molecule has 94 valence electrons. The Morgan fingerprint density at radius 2 is 2.00 bits per heavy atom. The Balaban J connectivity index is 3.04. The van der Waals surface area contributed by atoms with Gasteiger partial charge in [0.1, 0.15) is 10.9 Å². The predicted molar refractivity (Wildman–Crippen MR) is 62.9 cm³/mol. The largest absolute Gasteiger partial charge is 0.467 e. The smallest absolute Gasteiger partial charge is 0.327 e. The molecule has 0 spiro atoms. The van der Waals surface area contributed by atoms with Gasteiger partial charge in [0, 0.05) is 0 Å². The van der Waals surface area contributed by atoms with Crippen molar-refractivity contribution in [3.8, 4) is 0 Å². The quantitative estimate of drug-likeness (QED) is 0.757. The van der Waals surface area contributed by atoms with Crippen molar-refractivity contribution in [2.45, 2.75) is 17.9 Å². The number of carbonyl (C=O) groups is 1. The van der Waals surface area contributed by atoms with Crippen LogP contribution < -0.4 is 10.5 Å². The lowest BCUT2D eigenvalue weighted by atomic mass is 10.2. The molecule has 0 fully saturated rings. The maximum absolute atomic E-state index is 11.3. The van der Waals surface area contributed by atoms with E-state index >= 15 is 0 Å². The highest BCUT2D eigenvalue weighted by molar-refractivity contribution is 7.89. The lowest BCUT2D eigenvalue weighted by molar-refractivity contribution is -0.141. The lowest BCUT2D eigenvalue weighted by Crippen LogP contribution is -2.28. The van der Waals surface area contributed by atoms with Gasteiger partial charge in [-0.25, -0.2) is 18.4 Å². The van der Waals surface area contributed by atoms with Gasteiger partial charge in [-0.05, 0) is 19.1 Å². The topological polar surface area (TPSA) is 98.5 Å². The standard InChI is InChI=1S/C10H14N2O4S/c1-7(10(13)16-2)12-8-5-3-4-6-9(8)17(11,14)15/h3-7,12H,1-2H3,(H2,11,14,15). The van der Waals surface area contributed by atoms with Crippen molar-refractivity contribution in [1.29, 1.82) is 0 Å². The third-order valence-electron chi connectivity index (χ3n) is 2.12. The monoisotopic (exact) mass is 258 g/mol. The van der Waals surface area contributed by atoms with E-state index in [0.29, 0.717) is 0 Å². The fourth-order valence-corrected chi connectivity index (χ4v) is 2.00. The maximum atomic E-state index is 11.3. The summed E-state index contributed by atoms with van der Waals surface area (Å²) in [5, 5.41) is 7.79. The van der Waals surface area contributed by atoms with Gasteiger partial charge in [0.25, 0.3) is 0 Å². The number of hydrogen-bond donors (Lipinski definition) is 2. The normalized spacial score (nSPS) is 12.9. The number of esters is 1. The van der Waals surface area contributed by atoms with Crippen molar-refractivity contribution < 1.29 is 17.9 Å². The summed E-state index contributed by atoms with van der Waals surface area (Å²) in [7, 11) is -2.57. The molecule has 0 aromatic heterocycles. The third-order valence-corrected chi connectivity index (χ3v) is 3.09. The first-order valence-corrected chi connectivity index (χ1v) is 6.37. The van der Waals surface area contributed by atoms with Crippen LogP contribution in [0.1, 0.15) is 6.92 Å². The van der Waals surface area contributed by atoms with Gasteiger partial charge >= 0.3 is 5.97 Å². The minimum Gasteiger partial charge on any atom is -0.467 e. The Labute approximate surface area is 99.8 Å². The minimum absolute atomic E-state index is 0.0595. The molecule has 1 unspecified atom stereocenters. The number of methoxy groups -OCH3 is 1. The van der Waals surface area contributed by atoms with E-state index < -0.39 is 22.0 Å². The molecule has 6 nitrogen and oxygen atoms in total. The summed E-state index contributed by atoms with van der Waals surface area (Å²) in [6.07, 6.45) is 0. The lowest BCUT2D eigenvalue weighted by Gasteiger charge is -2.15. The van der Waals surface area contributed by atoms with Crippen LogP contribution >= 0.6 is 0 Å². The molecule has 0 amide bonds. The van der Waals surface area contributed by atoms with Crippen LogP contribution in [-0.4, -0.2) is 27.5 Å². The molecule has 0 bridgehead atoms. The molecule has 17 heavy (non-hydrogen) atoms. The number of sulfonamides is 1. The summed E-state index contributed by atoms with van der Waals surface area (Å²) in [5.74, 6) is -0.491. The van der Waals surface area contributed by atoms with Gasteiger partial charge in [-0.1, -0.05) is 12.1 Å². The van der Waals surface area contributed by atoms with Crippen LogP contribution in [0.5, 0.6) is 0 Å². The highest BCUT2D eigenvalue weighted by atomic mass is 32.2. The van der Waals surface area contributed by atoms with Gasteiger partial charge in [0.15, 0.2) is 0 Å². The summed E-state index contributed by atoms with van der Waals surface area (Å²) >= 11 is 0. The Hall–Kier alpha value is -1.60. The molecule has 3 N–H and O–H groups in total.